The first kappa shape index (κ1) is 19.6. The van der Waals surface area contributed by atoms with Crippen LogP contribution in [-0.4, -0.2) is 32.3 Å². The predicted octanol–water partition coefficient (Wildman–Crippen LogP) is 3.49. The summed E-state index contributed by atoms with van der Waals surface area (Å²) in [6.45, 7) is 5.36. The minimum absolute atomic E-state index is 0.0185. The van der Waals surface area contributed by atoms with Crippen LogP contribution in [0.25, 0.3) is 0 Å². The van der Waals surface area contributed by atoms with E-state index in [1.807, 2.05) is 44.2 Å². The summed E-state index contributed by atoms with van der Waals surface area (Å²) in [4.78, 5) is 11.5. The van der Waals surface area contributed by atoms with Gasteiger partial charge in [0.2, 0.25) is 0 Å². The maximum absolute atomic E-state index is 11.5. The molecule has 0 amide bonds. The number of ketones is 1. The van der Waals surface area contributed by atoms with Crippen LogP contribution >= 0.6 is 0 Å². The third-order valence-corrected chi connectivity index (χ3v) is 4.33. The molecule has 0 unspecified atom stereocenters. The second-order valence-corrected chi connectivity index (χ2v) is 8.06. The van der Waals surface area contributed by atoms with Crippen molar-refractivity contribution in [3.05, 3.63) is 47.5 Å². The Morgan fingerprint density at radius 2 is 1.83 bits per heavy atom. The number of sulfone groups is 1. The van der Waals surface area contributed by atoms with E-state index in [2.05, 4.69) is 0 Å². The number of rotatable bonds is 9. The standard InChI is InChI=1S/C18H26O4S/c1-5-17(16-9-7-6-8-10-16)22-18(13-15(3)19)14(2)11-12-23(4,20)21/h6-11,17-18H,5,12-13H2,1-4H3/b14-11-/t17-,18-/m1/s1. The molecule has 1 rings (SSSR count). The van der Waals surface area contributed by atoms with Crippen molar-refractivity contribution in [1.82, 2.24) is 0 Å². The summed E-state index contributed by atoms with van der Waals surface area (Å²) in [5, 5.41) is 0. The van der Waals surface area contributed by atoms with Crippen LogP contribution in [0.5, 0.6) is 0 Å². The predicted molar refractivity (Wildman–Crippen MR) is 93.1 cm³/mol. The Morgan fingerprint density at radius 1 is 1.22 bits per heavy atom. The molecular formula is C18H26O4S. The van der Waals surface area contributed by atoms with Crippen molar-refractivity contribution in [2.24, 2.45) is 0 Å². The largest absolute Gasteiger partial charge is 0.366 e. The normalized spacial score (nSPS) is 15.2. The van der Waals surface area contributed by atoms with Crippen molar-refractivity contribution in [1.29, 1.82) is 0 Å². The molecule has 4 nitrogen and oxygen atoms in total. The Labute approximate surface area is 139 Å². The van der Waals surface area contributed by atoms with Gasteiger partial charge in [-0.3, -0.25) is 4.79 Å². The maximum Gasteiger partial charge on any atom is 0.151 e. The average Bonchev–Trinajstić information content (AvgIpc) is 2.48. The third kappa shape index (κ3) is 7.57. The molecule has 1 aromatic rings. The first-order chi connectivity index (χ1) is 10.7. The topological polar surface area (TPSA) is 60.4 Å². The molecule has 0 heterocycles. The fraction of sp³-hybridized carbons (Fsp3) is 0.500. The van der Waals surface area contributed by atoms with E-state index in [0.717, 1.165) is 17.6 Å². The van der Waals surface area contributed by atoms with Crippen molar-refractivity contribution >= 4 is 15.6 Å². The second kappa shape index (κ2) is 8.99. The molecule has 0 aromatic heterocycles. The number of carbonyl (C=O) groups is 1. The van der Waals surface area contributed by atoms with Gasteiger partial charge in [0.25, 0.3) is 0 Å². The SMILES string of the molecule is CC[C@@H](O[C@H](CC(C)=O)/C(C)=C\CS(C)(=O)=O)c1ccccc1. The molecule has 0 saturated heterocycles. The highest BCUT2D eigenvalue weighted by atomic mass is 32.2. The molecule has 0 bridgehead atoms. The summed E-state index contributed by atoms with van der Waals surface area (Å²) >= 11 is 0. The van der Waals surface area contributed by atoms with E-state index < -0.39 is 15.9 Å². The number of ether oxygens (including phenoxy) is 1. The lowest BCUT2D eigenvalue weighted by atomic mass is 10.0. The lowest BCUT2D eigenvalue weighted by Crippen LogP contribution is -2.21. The molecule has 0 aliphatic carbocycles. The van der Waals surface area contributed by atoms with Crippen molar-refractivity contribution in [2.75, 3.05) is 12.0 Å². The molecule has 0 aliphatic heterocycles. The molecule has 2 atom stereocenters. The molecule has 0 aliphatic rings. The lowest BCUT2D eigenvalue weighted by Gasteiger charge is -2.25. The van der Waals surface area contributed by atoms with E-state index in [1.165, 1.54) is 13.2 Å². The van der Waals surface area contributed by atoms with Gasteiger partial charge in [0.05, 0.1) is 18.0 Å². The van der Waals surface area contributed by atoms with Crippen molar-refractivity contribution in [3.8, 4) is 0 Å². The van der Waals surface area contributed by atoms with Crippen LogP contribution in [0.1, 0.15) is 45.3 Å². The molecule has 1 aromatic carbocycles. The molecular weight excluding hydrogens is 312 g/mol. The fourth-order valence-electron chi connectivity index (χ4n) is 2.27. The summed E-state index contributed by atoms with van der Waals surface area (Å²) in [6, 6.07) is 9.84. The van der Waals surface area contributed by atoms with Crippen LogP contribution in [0.2, 0.25) is 0 Å². The Bertz CT molecular complexity index is 632. The monoisotopic (exact) mass is 338 g/mol. The van der Waals surface area contributed by atoms with Gasteiger partial charge in [0, 0.05) is 12.7 Å². The van der Waals surface area contributed by atoms with Gasteiger partial charge in [-0.25, -0.2) is 8.42 Å². The molecule has 23 heavy (non-hydrogen) atoms. The van der Waals surface area contributed by atoms with Crippen LogP contribution in [0.3, 0.4) is 0 Å². The van der Waals surface area contributed by atoms with Crippen LogP contribution in [0.15, 0.2) is 42.0 Å². The van der Waals surface area contributed by atoms with E-state index in [0.29, 0.717) is 0 Å². The molecule has 128 valence electrons. The van der Waals surface area contributed by atoms with Gasteiger partial charge >= 0.3 is 0 Å². The summed E-state index contributed by atoms with van der Waals surface area (Å²) < 4.78 is 28.8. The minimum Gasteiger partial charge on any atom is -0.366 e. The van der Waals surface area contributed by atoms with Crippen LogP contribution in [-0.2, 0) is 19.4 Å². The van der Waals surface area contributed by atoms with Crippen molar-refractivity contribution in [2.45, 2.75) is 45.8 Å². The van der Waals surface area contributed by atoms with Gasteiger partial charge in [-0.15, -0.1) is 0 Å². The number of hydrogen-bond donors (Lipinski definition) is 0. The smallest absolute Gasteiger partial charge is 0.151 e. The highest BCUT2D eigenvalue weighted by molar-refractivity contribution is 7.90. The van der Waals surface area contributed by atoms with E-state index in [1.54, 1.807) is 6.08 Å². The zero-order valence-electron chi connectivity index (χ0n) is 14.3. The molecule has 0 saturated carbocycles. The number of carbonyl (C=O) groups excluding carboxylic acids is 1. The van der Waals surface area contributed by atoms with E-state index in [-0.39, 0.29) is 24.1 Å². The Morgan fingerprint density at radius 3 is 2.30 bits per heavy atom. The fourth-order valence-corrected chi connectivity index (χ4v) is 2.83. The quantitative estimate of drug-likeness (QED) is 0.647. The Kier molecular flexibility index (Phi) is 7.65. The Balaban J connectivity index is 2.94. The zero-order chi connectivity index (χ0) is 17.5. The van der Waals surface area contributed by atoms with E-state index >= 15 is 0 Å². The molecule has 0 radical (unpaired) electrons. The summed E-state index contributed by atoms with van der Waals surface area (Å²) in [5.41, 5.74) is 1.83. The van der Waals surface area contributed by atoms with Gasteiger partial charge in [-0.1, -0.05) is 43.3 Å². The summed E-state index contributed by atoms with van der Waals surface area (Å²) in [5.74, 6) is -0.0244. The van der Waals surface area contributed by atoms with Gasteiger partial charge in [-0.05, 0) is 31.4 Å². The second-order valence-electron chi connectivity index (χ2n) is 5.88. The van der Waals surface area contributed by atoms with Crippen LogP contribution < -0.4 is 0 Å². The average molecular weight is 338 g/mol. The number of hydrogen-bond acceptors (Lipinski definition) is 4. The first-order valence-corrected chi connectivity index (χ1v) is 9.83. The minimum atomic E-state index is -3.08. The molecule has 0 N–H and O–H groups in total. The highest BCUT2D eigenvalue weighted by Gasteiger charge is 2.20. The molecule has 0 fully saturated rings. The van der Waals surface area contributed by atoms with Crippen molar-refractivity contribution < 1.29 is 17.9 Å². The summed E-state index contributed by atoms with van der Waals surface area (Å²) in [6.07, 6.45) is 3.33. The molecule has 5 heteroatoms. The number of benzene rings is 1. The van der Waals surface area contributed by atoms with E-state index in [4.69, 9.17) is 4.74 Å². The zero-order valence-corrected chi connectivity index (χ0v) is 15.1. The van der Waals surface area contributed by atoms with Gasteiger partial charge < -0.3 is 4.74 Å². The third-order valence-electron chi connectivity index (χ3n) is 3.56. The van der Waals surface area contributed by atoms with Crippen LogP contribution in [0, 0.1) is 0 Å². The van der Waals surface area contributed by atoms with Gasteiger partial charge in [0.1, 0.15) is 5.78 Å². The summed E-state index contributed by atoms with van der Waals surface area (Å²) in [7, 11) is -3.08. The Hall–Kier alpha value is -1.46. The lowest BCUT2D eigenvalue weighted by molar-refractivity contribution is -0.120. The highest BCUT2D eigenvalue weighted by Crippen LogP contribution is 2.26. The maximum atomic E-state index is 11.5. The van der Waals surface area contributed by atoms with Gasteiger partial charge in [0.15, 0.2) is 9.84 Å². The van der Waals surface area contributed by atoms with Gasteiger partial charge in [-0.2, -0.15) is 0 Å². The van der Waals surface area contributed by atoms with E-state index in [9.17, 15) is 13.2 Å². The number of Topliss-reactive ketones (excluding diaryl/α,β-unsaturated/α-hetero) is 1. The van der Waals surface area contributed by atoms with Crippen LogP contribution in [0.4, 0.5) is 0 Å². The molecule has 0 spiro atoms. The first-order valence-electron chi connectivity index (χ1n) is 7.77. The van der Waals surface area contributed by atoms with Crippen molar-refractivity contribution in [3.63, 3.8) is 0 Å².